The van der Waals surface area contributed by atoms with Gasteiger partial charge in [-0.25, -0.2) is 0 Å². The van der Waals surface area contributed by atoms with E-state index in [1.165, 1.54) is 19.4 Å². The topological polar surface area (TPSA) is 14.0 Å². The normalized spacial score (nSPS) is 17.3. The van der Waals surface area contributed by atoms with Gasteiger partial charge in [0.05, 0.1) is 0 Å². The molecule has 36 valence electrons. The third-order valence-corrected chi connectivity index (χ3v) is 0.814. The molecule has 0 aromatic carbocycles. The van der Waals surface area contributed by atoms with Gasteiger partial charge in [-0.3, -0.25) is 4.99 Å². The molecule has 0 fully saturated rings. The molecule has 0 unspecified atom stereocenters. The predicted molar refractivity (Wildman–Crippen MR) is 21.1 cm³/mol. The first kappa shape index (κ1) is 6.40. The van der Waals surface area contributed by atoms with Crippen molar-refractivity contribution >= 4 is 6.21 Å². The standard InChI is InChI=1S/C4H7N.HI/c1-2-4-5-3-1;/h3H,1-2,4H2;1H. The summed E-state index contributed by atoms with van der Waals surface area (Å²) < 4.78 is 0. The minimum Gasteiger partial charge on any atom is -1.00 e. The molecule has 0 bridgehead atoms. The lowest BCUT2D eigenvalue weighted by Gasteiger charge is -1.61. The summed E-state index contributed by atoms with van der Waals surface area (Å²) in [7, 11) is 0. The van der Waals surface area contributed by atoms with Gasteiger partial charge in [0.25, 0.3) is 0 Å². The maximum Gasteiger partial charge on any atom is 0.141 e. The van der Waals surface area contributed by atoms with Crippen LogP contribution in [0.25, 0.3) is 0 Å². The van der Waals surface area contributed by atoms with Gasteiger partial charge in [-0.1, -0.05) is 0 Å². The molecule has 0 aliphatic carbocycles. The zero-order valence-corrected chi connectivity index (χ0v) is 5.73. The third kappa shape index (κ3) is 1.74. The van der Waals surface area contributed by atoms with E-state index in [4.69, 9.17) is 0 Å². The first-order valence-electron chi connectivity index (χ1n) is 2.05. The summed E-state index contributed by atoms with van der Waals surface area (Å²) in [5, 5.41) is 0. The number of hydrogen-bond donors (Lipinski definition) is 1. The minimum absolute atomic E-state index is 0. The Morgan fingerprint density at radius 3 is 2.50 bits per heavy atom. The van der Waals surface area contributed by atoms with Crippen LogP contribution in [0.3, 0.4) is 0 Å². The molecule has 0 saturated carbocycles. The SMILES string of the molecule is C1=[NH+]CCC1.[I-]. The summed E-state index contributed by atoms with van der Waals surface area (Å²) >= 11 is 0. The van der Waals surface area contributed by atoms with Gasteiger partial charge in [0.15, 0.2) is 0 Å². The van der Waals surface area contributed by atoms with Gasteiger partial charge >= 0.3 is 0 Å². The van der Waals surface area contributed by atoms with Gasteiger partial charge in [-0.15, -0.1) is 0 Å². The van der Waals surface area contributed by atoms with Crippen molar-refractivity contribution < 1.29 is 29.0 Å². The van der Waals surface area contributed by atoms with Gasteiger partial charge in [0.2, 0.25) is 0 Å². The van der Waals surface area contributed by atoms with E-state index in [-0.39, 0.29) is 24.0 Å². The molecule has 1 nitrogen and oxygen atoms in total. The van der Waals surface area contributed by atoms with Crippen LogP contribution in [0.2, 0.25) is 0 Å². The van der Waals surface area contributed by atoms with Crippen LogP contribution >= 0.6 is 0 Å². The number of hydrogen-bond acceptors (Lipinski definition) is 0. The van der Waals surface area contributed by atoms with Crippen LogP contribution in [-0.4, -0.2) is 12.8 Å². The summed E-state index contributed by atoms with van der Waals surface area (Å²) in [6.07, 6.45) is 4.71. The maximum absolute atomic E-state index is 3.10. The highest BCUT2D eigenvalue weighted by molar-refractivity contribution is 5.50. The van der Waals surface area contributed by atoms with Crippen molar-refractivity contribution in [1.29, 1.82) is 0 Å². The second-order valence-electron chi connectivity index (χ2n) is 1.30. The van der Waals surface area contributed by atoms with Crippen LogP contribution in [0.5, 0.6) is 0 Å². The molecule has 1 aliphatic rings. The fourth-order valence-electron chi connectivity index (χ4n) is 0.510. The number of nitrogens with one attached hydrogen (secondary N) is 1. The number of halogens is 1. The predicted octanol–water partition coefficient (Wildman–Crippen LogP) is -4.06. The molecular weight excluding hydrogens is 189 g/mol. The lowest BCUT2D eigenvalue weighted by atomic mass is 10.4. The molecule has 0 saturated heterocycles. The second kappa shape index (κ2) is 3.59. The summed E-state index contributed by atoms with van der Waals surface area (Å²) in [5.41, 5.74) is 0. The van der Waals surface area contributed by atoms with Crippen molar-refractivity contribution in [2.75, 3.05) is 6.54 Å². The lowest BCUT2D eigenvalue weighted by Crippen LogP contribution is -3.00. The molecule has 0 aromatic rings. The first-order chi connectivity index (χ1) is 2.50. The second-order valence-corrected chi connectivity index (χ2v) is 1.30. The van der Waals surface area contributed by atoms with E-state index in [9.17, 15) is 0 Å². The summed E-state index contributed by atoms with van der Waals surface area (Å²) in [4.78, 5) is 3.10. The van der Waals surface area contributed by atoms with Crippen molar-refractivity contribution in [1.82, 2.24) is 0 Å². The highest BCUT2D eigenvalue weighted by atomic mass is 127. The Hall–Kier alpha value is 0.400. The quantitative estimate of drug-likeness (QED) is 0.380. The Balaban J connectivity index is 0.000000250. The lowest BCUT2D eigenvalue weighted by molar-refractivity contribution is -0.442. The first-order valence-corrected chi connectivity index (χ1v) is 2.05. The van der Waals surface area contributed by atoms with Crippen molar-refractivity contribution in [3.05, 3.63) is 0 Å². The molecule has 0 atom stereocenters. The molecule has 0 spiro atoms. The largest absolute Gasteiger partial charge is 1.00 e. The van der Waals surface area contributed by atoms with Crippen LogP contribution in [-0.2, 0) is 0 Å². The van der Waals surface area contributed by atoms with E-state index >= 15 is 0 Å². The van der Waals surface area contributed by atoms with E-state index in [1.807, 2.05) is 0 Å². The zero-order valence-electron chi connectivity index (χ0n) is 3.58. The zero-order chi connectivity index (χ0) is 3.54. The Kier molecular flexibility index (Phi) is 3.82. The van der Waals surface area contributed by atoms with Crippen LogP contribution in [0.1, 0.15) is 12.8 Å². The fraction of sp³-hybridized carbons (Fsp3) is 0.750. The van der Waals surface area contributed by atoms with Gasteiger partial charge in [-0.2, -0.15) is 0 Å². The molecule has 1 aliphatic heterocycles. The Bertz CT molecular complexity index is 45.5. The van der Waals surface area contributed by atoms with Crippen LogP contribution < -0.4 is 29.0 Å². The number of rotatable bonds is 0. The van der Waals surface area contributed by atoms with Gasteiger partial charge in [-0.05, 0) is 0 Å². The molecule has 2 heteroatoms. The molecule has 1 N–H and O–H groups in total. The smallest absolute Gasteiger partial charge is 0.141 e. The van der Waals surface area contributed by atoms with Crippen molar-refractivity contribution in [2.24, 2.45) is 0 Å². The molecule has 0 aromatic heterocycles. The van der Waals surface area contributed by atoms with Gasteiger partial charge in [0, 0.05) is 12.8 Å². The highest BCUT2D eigenvalue weighted by Crippen LogP contribution is 1.77. The summed E-state index contributed by atoms with van der Waals surface area (Å²) in [5.74, 6) is 0. The molecular formula is C4H8IN. The maximum atomic E-state index is 3.10. The average molecular weight is 197 g/mol. The molecule has 6 heavy (non-hydrogen) atoms. The Morgan fingerprint density at radius 2 is 2.33 bits per heavy atom. The van der Waals surface area contributed by atoms with Crippen molar-refractivity contribution in [3.8, 4) is 0 Å². The molecule has 1 rings (SSSR count). The molecule has 0 radical (unpaired) electrons. The van der Waals surface area contributed by atoms with E-state index in [2.05, 4.69) is 11.2 Å². The Morgan fingerprint density at radius 1 is 1.50 bits per heavy atom. The third-order valence-electron chi connectivity index (χ3n) is 0.814. The summed E-state index contributed by atoms with van der Waals surface area (Å²) in [6, 6.07) is 0. The van der Waals surface area contributed by atoms with Crippen LogP contribution in [0.4, 0.5) is 0 Å². The van der Waals surface area contributed by atoms with Crippen molar-refractivity contribution in [3.63, 3.8) is 0 Å². The highest BCUT2D eigenvalue weighted by Gasteiger charge is 1.93. The van der Waals surface area contributed by atoms with Crippen LogP contribution in [0, 0.1) is 0 Å². The fourth-order valence-corrected chi connectivity index (χ4v) is 0.510. The molecule has 1 heterocycles. The average Bonchev–Trinajstić information content (AvgIpc) is 1.76. The van der Waals surface area contributed by atoms with Crippen LogP contribution in [0.15, 0.2) is 0 Å². The minimum atomic E-state index is 0. The van der Waals surface area contributed by atoms with E-state index in [0.29, 0.717) is 0 Å². The van der Waals surface area contributed by atoms with Gasteiger partial charge < -0.3 is 24.0 Å². The van der Waals surface area contributed by atoms with Crippen molar-refractivity contribution in [2.45, 2.75) is 12.8 Å². The molecule has 0 amide bonds. The van der Waals surface area contributed by atoms with E-state index in [0.717, 1.165) is 0 Å². The monoisotopic (exact) mass is 197 g/mol. The van der Waals surface area contributed by atoms with E-state index < -0.39 is 0 Å². The van der Waals surface area contributed by atoms with Gasteiger partial charge in [0.1, 0.15) is 12.8 Å². The summed E-state index contributed by atoms with van der Waals surface area (Å²) in [6.45, 7) is 1.19. The van der Waals surface area contributed by atoms with E-state index in [1.54, 1.807) is 0 Å². The Labute approximate surface area is 54.9 Å².